The Morgan fingerprint density at radius 1 is 1.17 bits per heavy atom. The Hall–Kier alpha value is -3.99. The lowest BCUT2D eigenvalue weighted by Crippen LogP contribution is -2.50. The van der Waals surface area contributed by atoms with Crippen molar-refractivity contribution in [2.75, 3.05) is 19.3 Å². The van der Waals surface area contributed by atoms with E-state index in [2.05, 4.69) is 19.8 Å². The zero-order chi connectivity index (χ0) is 30.6. The van der Waals surface area contributed by atoms with Crippen LogP contribution >= 0.6 is 0 Å². The third-order valence-electron chi connectivity index (χ3n) is 7.09. The summed E-state index contributed by atoms with van der Waals surface area (Å²) in [5.41, 5.74) is -0.538. The van der Waals surface area contributed by atoms with E-state index in [1.165, 1.54) is 34.6 Å². The highest BCUT2D eigenvalue weighted by molar-refractivity contribution is 7.88. The zero-order valence-electron chi connectivity index (χ0n) is 21.7. The number of nitrogens with zero attached hydrogens (tertiary/aromatic N) is 3. The minimum atomic E-state index is -4.96. The van der Waals surface area contributed by atoms with Crippen molar-refractivity contribution in [1.82, 2.24) is 19.2 Å². The normalized spacial score (nSPS) is 18.2. The first-order chi connectivity index (χ1) is 19.5. The van der Waals surface area contributed by atoms with Crippen LogP contribution in [0.3, 0.4) is 0 Å². The Morgan fingerprint density at radius 3 is 2.48 bits per heavy atom. The lowest BCUT2D eigenvalue weighted by atomic mass is 9.90. The van der Waals surface area contributed by atoms with E-state index in [1.54, 1.807) is 0 Å². The largest absolute Gasteiger partial charge is 0.586 e. The van der Waals surface area contributed by atoms with E-state index in [1.807, 2.05) is 0 Å². The molecule has 2 N–H and O–H groups in total. The molecule has 0 bridgehead atoms. The summed E-state index contributed by atoms with van der Waals surface area (Å²) in [5.74, 6) is -4.94. The Kier molecular flexibility index (Phi) is 7.29. The lowest BCUT2D eigenvalue weighted by molar-refractivity contribution is -0.287. The number of piperidine rings is 1. The summed E-state index contributed by atoms with van der Waals surface area (Å²) < 4.78 is 103. The van der Waals surface area contributed by atoms with Gasteiger partial charge in [0.2, 0.25) is 15.8 Å². The summed E-state index contributed by atoms with van der Waals surface area (Å²) in [6.07, 6.45) is -7.56. The van der Waals surface area contributed by atoms with Crippen molar-refractivity contribution in [2.24, 2.45) is 5.92 Å². The molecule has 226 valence electrons. The molecule has 0 radical (unpaired) electrons. The van der Waals surface area contributed by atoms with Gasteiger partial charge in [-0.05, 0) is 43.0 Å². The first-order valence-corrected chi connectivity index (χ1v) is 14.3. The van der Waals surface area contributed by atoms with Crippen LogP contribution in [0.25, 0.3) is 11.0 Å². The molecule has 1 aromatic heterocycles. The van der Waals surface area contributed by atoms with E-state index < -0.39 is 64.4 Å². The van der Waals surface area contributed by atoms with Gasteiger partial charge in [0.05, 0.1) is 23.8 Å². The van der Waals surface area contributed by atoms with Crippen molar-refractivity contribution < 1.29 is 54.5 Å². The number of amides is 1. The van der Waals surface area contributed by atoms with Crippen molar-refractivity contribution in [2.45, 2.75) is 37.9 Å². The Bertz CT molecular complexity index is 1670. The van der Waals surface area contributed by atoms with Crippen LogP contribution in [0.1, 0.15) is 34.6 Å². The Balaban J connectivity index is 1.41. The minimum absolute atomic E-state index is 0.0393. The quantitative estimate of drug-likeness (QED) is 0.385. The zero-order valence-corrected chi connectivity index (χ0v) is 22.5. The highest BCUT2D eigenvalue weighted by Gasteiger charge is 2.45. The van der Waals surface area contributed by atoms with Gasteiger partial charge in [0.25, 0.3) is 5.91 Å². The van der Waals surface area contributed by atoms with E-state index >= 15 is 0 Å². The first kappa shape index (κ1) is 29.5. The fraction of sp³-hybridized carbons (Fsp3) is 0.400. The van der Waals surface area contributed by atoms with Gasteiger partial charge in [0.15, 0.2) is 11.5 Å². The van der Waals surface area contributed by atoms with Gasteiger partial charge in [0, 0.05) is 24.2 Å². The van der Waals surface area contributed by atoms with Gasteiger partial charge in [-0.2, -0.15) is 13.2 Å². The van der Waals surface area contributed by atoms with Crippen LogP contribution < -0.4 is 14.8 Å². The van der Waals surface area contributed by atoms with Gasteiger partial charge < -0.3 is 24.5 Å². The first-order valence-electron chi connectivity index (χ1n) is 12.5. The molecule has 0 aliphatic carbocycles. The maximum atomic E-state index is 14.0. The number of aliphatic carboxylic acids is 1. The third kappa shape index (κ3) is 5.83. The number of para-hydroxylation sites is 1. The van der Waals surface area contributed by atoms with Gasteiger partial charge in [-0.25, -0.2) is 22.5 Å². The third-order valence-corrected chi connectivity index (χ3v) is 8.40. The number of imidazole rings is 1. The summed E-state index contributed by atoms with van der Waals surface area (Å²) in [5, 5.41) is 12.1. The van der Waals surface area contributed by atoms with E-state index in [9.17, 15) is 45.1 Å². The van der Waals surface area contributed by atoms with Crippen LogP contribution in [0.2, 0.25) is 0 Å². The summed E-state index contributed by atoms with van der Waals surface area (Å²) in [6.45, 7) is -0.425. The molecule has 1 unspecified atom stereocenters. The highest BCUT2D eigenvalue weighted by atomic mass is 32.2. The molecule has 2 aromatic carbocycles. The number of carbonyl (C=O) groups is 2. The van der Waals surface area contributed by atoms with Gasteiger partial charge in [-0.15, -0.1) is 8.78 Å². The van der Waals surface area contributed by atoms with Crippen LogP contribution in [0.15, 0.2) is 36.4 Å². The number of fused-ring (bicyclic) bond motifs is 2. The molecule has 5 rings (SSSR count). The monoisotopic (exact) mass is 618 g/mol. The second-order valence-corrected chi connectivity index (χ2v) is 11.9. The van der Waals surface area contributed by atoms with Crippen LogP contribution in [0.5, 0.6) is 11.5 Å². The molecular formula is C25H23F5N4O7S. The number of ether oxygens (including phenoxy) is 2. The Morgan fingerprint density at radius 2 is 1.86 bits per heavy atom. The van der Waals surface area contributed by atoms with Gasteiger partial charge in [0.1, 0.15) is 6.04 Å². The molecular weight excluding hydrogens is 595 g/mol. The predicted molar refractivity (Wildman–Crippen MR) is 135 cm³/mol. The fourth-order valence-corrected chi connectivity index (χ4v) is 5.99. The number of carbonyl (C=O) groups excluding carboxylic acids is 1. The van der Waals surface area contributed by atoms with Crippen LogP contribution in [0, 0.1) is 5.92 Å². The minimum Gasteiger partial charge on any atom is -0.480 e. The summed E-state index contributed by atoms with van der Waals surface area (Å²) in [6, 6.07) is 5.85. The molecule has 1 fully saturated rings. The molecule has 1 amide bonds. The number of aromatic nitrogens is 2. The van der Waals surface area contributed by atoms with Crippen LogP contribution in [0.4, 0.5) is 22.0 Å². The summed E-state index contributed by atoms with van der Waals surface area (Å²) in [4.78, 5) is 28.6. The smallest absolute Gasteiger partial charge is 0.480 e. The van der Waals surface area contributed by atoms with Gasteiger partial charge in [-0.1, -0.05) is 12.1 Å². The molecule has 1 atom stereocenters. The van der Waals surface area contributed by atoms with E-state index in [0.29, 0.717) is 0 Å². The van der Waals surface area contributed by atoms with Crippen LogP contribution in [-0.2, 0) is 27.5 Å². The van der Waals surface area contributed by atoms with Gasteiger partial charge >= 0.3 is 18.4 Å². The standard InChI is InChI=1S/C25H23F5N4O7S/c1-42(38,39)33-9-7-13(8-10-33)19(22(36)37)32-21(35)14-5-6-17-16(11-14)31-23(24(26,27)28)34(17)12-15-3-2-4-18-20(15)41-25(29,30)40-18/h2-6,11,13,19H,7-10,12H2,1H3,(H,32,35)(H,36,37). The Labute approximate surface area is 234 Å². The number of sulfonamides is 1. The topological polar surface area (TPSA) is 140 Å². The molecule has 42 heavy (non-hydrogen) atoms. The number of carboxylic acids is 1. The lowest BCUT2D eigenvalue weighted by Gasteiger charge is -2.33. The number of carboxylic acid groups (broad SMARTS) is 1. The van der Waals surface area contributed by atoms with E-state index in [0.717, 1.165) is 16.9 Å². The highest BCUT2D eigenvalue weighted by Crippen LogP contribution is 2.44. The number of benzene rings is 2. The number of alkyl halides is 5. The molecule has 11 nitrogen and oxygen atoms in total. The predicted octanol–water partition coefficient (Wildman–Crippen LogP) is 3.28. The summed E-state index contributed by atoms with van der Waals surface area (Å²) >= 11 is 0. The average molecular weight is 619 g/mol. The molecule has 2 aliphatic rings. The van der Waals surface area contributed by atoms with Crippen molar-refractivity contribution in [3.8, 4) is 11.5 Å². The van der Waals surface area contributed by atoms with Crippen molar-refractivity contribution >= 4 is 32.9 Å². The molecule has 1 saturated heterocycles. The number of hydrogen-bond donors (Lipinski definition) is 2. The average Bonchev–Trinajstić information content (AvgIpc) is 3.42. The number of nitrogens with one attached hydrogen (secondary N) is 1. The second-order valence-electron chi connectivity index (χ2n) is 9.92. The van der Waals surface area contributed by atoms with Crippen LogP contribution in [-0.4, -0.2) is 70.9 Å². The fourth-order valence-electron chi connectivity index (χ4n) is 5.11. The van der Waals surface area contributed by atoms with Gasteiger partial charge in [-0.3, -0.25) is 4.79 Å². The molecule has 0 saturated carbocycles. The van der Waals surface area contributed by atoms with Crippen molar-refractivity contribution in [3.05, 3.63) is 53.3 Å². The van der Waals surface area contributed by atoms with E-state index in [-0.39, 0.29) is 53.8 Å². The number of hydrogen-bond acceptors (Lipinski definition) is 7. The van der Waals surface area contributed by atoms with Crippen molar-refractivity contribution in [3.63, 3.8) is 0 Å². The second kappa shape index (κ2) is 10.4. The molecule has 0 spiro atoms. The number of halogens is 5. The summed E-state index contributed by atoms with van der Waals surface area (Å²) in [7, 11) is -3.46. The molecule has 2 aliphatic heterocycles. The molecule has 3 heterocycles. The maximum absolute atomic E-state index is 14.0. The number of rotatable bonds is 7. The molecule has 17 heteroatoms. The molecule has 3 aromatic rings. The van der Waals surface area contributed by atoms with Crippen molar-refractivity contribution in [1.29, 1.82) is 0 Å². The van der Waals surface area contributed by atoms with E-state index in [4.69, 9.17) is 0 Å². The maximum Gasteiger partial charge on any atom is 0.586 e. The SMILES string of the molecule is CS(=O)(=O)N1CCC(C(NC(=O)c2ccc3c(c2)nc(C(F)(F)F)n3Cc2cccc3c2OC(F)(F)O3)C(=O)O)CC1.